The molecule has 0 aliphatic carbocycles. The second-order valence-electron chi connectivity index (χ2n) is 7.76. The fraction of sp³-hybridized carbons (Fsp3) is 0.364. The van der Waals surface area contributed by atoms with Gasteiger partial charge in [0, 0.05) is 34.0 Å². The van der Waals surface area contributed by atoms with Gasteiger partial charge in [-0.25, -0.2) is 0 Å². The van der Waals surface area contributed by atoms with E-state index in [0.29, 0.717) is 28.8 Å². The Morgan fingerprint density at radius 1 is 1.21 bits per heavy atom. The molecule has 2 aromatic rings. The van der Waals surface area contributed by atoms with Gasteiger partial charge in [-0.15, -0.1) is 0 Å². The van der Waals surface area contributed by atoms with Gasteiger partial charge in [-0.3, -0.25) is 4.79 Å². The number of aryl methyl sites for hydroxylation is 1. The average Bonchev–Trinajstić information content (AvgIpc) is 3.01. The van der Waals surface area contributed by atoms with Crippen LogP contribution in [0, 0.1) is 12.8 Å². The molecule has 0 radical (unpaired) electrons. The fourth-order valence-electron chi connectivity index (χ4n) is 3.64. The lowest BCUT2D eigenvalue weighted by Gasteiger charge is -2.24. The molecule has 2 heterocycles. The Bertz CT molecular complexity index is 951. The summed E-state index contributed by atoms with van der Waals surface area (Å²) in [7, 11) is 0. The van der Waals surface area contributed by atoms with Crippen molar-refractivity contribution in [3.05, 3.63) is 68.7 Å². The minimum Gasteiger partial charge on any atom is -0.384 e. The number of oxime groups is 1. The summed E-state index contributed by atoms with van der Waals surface area (Å²) in [5.41, 5.74) is 3.90. The van der Waals surface area contributed by atoms with E-state index in [4.69, 9.17) is 28.0 Å². The van der Waals surface area contributed by atoms with Crippen LogP contribution in [-0.4, -0.2) is 23.0 Å². The zero-order valence-electron chi connectivity index (χ0n) is 15.8. The van der Waals surface area contributed by atoms with Crippen LogP contribution in [-0.2, 0) is 10.4 Å². The summed E-state index contributed by atoms with van der Waals surface area (Å²) in [5.74, 6) is 2.97. The summed E-state index contributed by atoms with van der Waals surface area (Å²) in [6.07, 6.45) is 1.25. The number of hydrogen-bond acceptors (Lipinski definition) is 4. The van der Waals surface area contributed by atoms with Crippen LogP contribution in [0.4, 0.5) is 0 Å². The Hall–Kier alpha value is -1.49. The average molecular weight is 434 g/mol. The first-order chi connectivity index (χ1) is 13.3. The summed E-state index contributed by atoms with van der Waals surface area (Å²) in [4.78, 5) is 18.4. The number of nitrogens with zero attached hydrogens (tertiary/aromatic N) is 1. The van der Waals surface area contributed by atoms with E-state index < -0.39 is 5.60 Å². The molecule has 0 aromatic heterocycles. The summed E-state index contributed by atoms with van der Waals surface area (Å²) in [6.45, 7) is 3.96. The summed E-state index contributed by atoms with van der Waals surface area (Å²) < 4.78 is 0. The van der Waals surface area contributed by atoms with Crippen molar-refractivity contribution in [2.75, 3.05) is 11.5 Å². The summed E-state index contributed by atoms with van der Waals surface area (Å²) >= 11 is 14.2. The van der Waals surface area contributed by atoms with Gasteiger partial charge in [0.1, 0.15) is 0 Å². The third-order valence-corrected chi connectivity index (χ3v) is 7.23. The van der Waals surface area contributed by atoms with Gasteiger partial charge < -0.3 is 4.84 Å². The van der Waals surface area contributed by atoms with Gasteiger partial charge >= 0.3 is 0 Å². The zero-order chi connectivity index (χ0) is 19.9. The molecule has 0 amide bonds. The van der Waals surface area contributed by atoms with Crippen LogP contribution in [0.25, 0.3) is 0 Å². The first-order valence-corrected chi connectivity index (χ1v) is 11.2. The van der Waals surface area contributed by atoms with E-state index in [0.717, 1.165) is 39.5 Å². The minimum absolute atomic E-state index is 0.234. The lowest BCUT2D eigenvalue weighted by Crippen LogP contribution is -2.22. The summed E-state index contributed by atoms with van der Waals surface area (Å²) in [6, 6.07) is 11.3. The van der Waals surface area contributed by atoms with Crippen LogP contribution in [0.3, 0.4) is 0 Å². The van der Waals surface area contributed by atoms with E-state index in [-0.39, 0.29) is 5.78 Å². The Labute approximate surface area is 179 Å². The van der Waals surface area contributed by atoms with Crippen LogP contribution in [0.5, 0.6) is 0 Å². The number of carbonyl (C=O) groups is 1. The molecule has 28 heavy (non-hydrogen) atoms. The lowest BCUT2D eigenvalue weighted by molar-refractivity contribution is -0.00737. The molecule has 2 aliphatic rings. The van der Waals surface area contributed by atoms with Gasteiger partial charge in [-0.1, -0.05) is 40.5 Å². The van der Waals surface area contributed by atoms with Gasteiger partial charge in [0.2, 0.25) is 0 Å². The van der Waals surface area contributed by atoms with Crippen molar-refractivity contribution < 1.29 is 9.63 Å². The third-order valence-electron chi connectivity index (χ3n) is 5.38. The predicted octanol–water partition coefficient (Wildman–Crippen LogP) is 6.28. The molecular formula is C22H21Cl2NO2S. The van der Waals surface area contributed by atoms with Crippen molar-refractivity contribution in [3.8, 4) is 0 Å². The highest BCUT2D eigenvalue weighted by Gasteiger charge is 2.37. The smallest absolute Gasteiger partial charge is 0.165 e. The number of Topliss-reactive ketones (excluding diaryl/α,β-unsaturated/α-hetero) is 1. The standard InChI is InChI=1S/C22H21Cl2NO2S/c1-13-5-15(3-4-19(13)21(26)6-14-11-28-12-14)20-10-22(2,27-25-20)16-7-17(23)9-18(24)8-16/h3-5,7-9,14H,6,10-12H2,1-2H3. The molecule has 1 fully saturated rings. The Morgan fingerprint density at radius 3 is 2.54 bits per heavy atom. The third kappa shape index (κ3) is 3.96. The Morgan fingerprint density at radius 2 is 1.93 bits per heavy atom. The molecule has 0 saturated carbocycles. The van der Waals surface area contributed by atoms with Gasteiger partial charge in [-0.05, 0) is 66.7 Å². The zero-order valence-corrected chi connectivity index (χ0v) is 18.1. The van der Waals surface area contributed by atoms with Gasteiger partial charge in [0.25, 0.3) is 0 Å². The topological polar surface area (TPSA) is 38.7 Å². The molecular weight excluding hydrogens is 413 g/mol. The second-order valence-corrected chi connectivity index (χ2v) is 9.70. The lowest BCUT2D eigenvalue weighted by atomic mass is 9.88. The maximum Gasteiger partial charge on any atom is 0.165 e. The van der Waals surface area contributed by atoms with Crippen molar-refractivity contribution in [3.63, 3.8) is 0 Å². The number of rotatable bonds is 5. The number of benzene rings is 2. The van der Waals surface area contributed by atoms with E-state index >= 15 is 0 Å². The van der Waals surface area contributed by atoms with Gasteiger partial charge in [0.05, 0.1) is 5.71 Å². The first kappa shape index (κ1) is 19.8. The van der Waals surface area contributed by atoms with Crippen molar-refractivity contribution in [2.45, 2.75) is 32.3 Å². The quantitative estimate of drug-likeness (QED) is 0.520. The molecule has 4 rings (SSSR count). The molecule has 6 heteroatoms. The van der Waals surface area contributed by atoms with E-state index in [1.807, 2.05) is 55.9 Å². The Balaban J connectivity index is 1.52. The van der Waals surface area contributed by atoms with Crippen molar-refractivity contribution in [1.29, 1.82) is 0 Å². The molecule has 1 unspecified atom stereocenters. The molecule has 1 atom stereocenters. The minimum atomic E-state index is -0.617. The molecule has 3 nitrogen and oxygen atoms in total. The normalized spacial score (nSPS) is 21.8. The number of hydrogen-bond donors (Lipinski definition) is 0. The predicted molar refractivity (Wildman–Crippen MR) is 117 cm³/mol. The molecule has 2 aliphatic heterocycles. The van der Waals surface area contributed by atoms with Crippen molar-refractivity contribution in [2.24, 2.45) is 11.1 Å². The number of halogens is 2. The van der Waals surface area contributed by atoms with E-state index in [2.05, 4.69) is 5.16 Å². The van der Waals surface area contributed by atoms with Crippen molar-refractivity contribution >= 4 is 46.5 Å². The molecule has 0 bridgehead atoms. The highest BCUT2D eigenvalue weighted by molar-refractivity contribution is 8.00. The fourth-order valence-corrected chi connectivity index (χ4v) is 4.97. The van der Waals surface area contributed by atoms with E-state index in [1.54, 1.807) is 6.07 Å². The highest BCUT2D eigenvalue weighted by atomic mass is 35.5. The largest absolute Gasteiger partial charge is 0.384 e. The van der Waals surface area contributed by atoms with Crippen LogP contribution < -0.4 is 0 Å². The van der Waals surface area contributed by atoms with Gasteiger partial charge in [0.15, 0.2) is 11.4 Å². The molecule has 2 aromatic carbocycles. The van der Waals surface area contributed by atoms with Gasteiger partial charge in [-0.2, -0.15) is 11.8 Å². The Kier molecular flexibility index (Phi) is 5.47. The molecule has 1 saturated heterocycles. The highest BCUT2D eigenvalue weighted by Crippen LogP contribution is 2.38. The number of ketones is 1. The second kappa shape index (κ2) is 7.74. The SMILES string of the molecule is Cc1cc(C2=NOC(C)(c3cc(Cl)cc(Cl)c3)C2)ccc1C(=O)CC1CSC1. The molecule has 0 spiro atoms. The van der Waals surface area contributed by atoms with E-state index in [9.17, 15) is 4.79 Å². The van der Waals surface area contributed by atoms with E-state index in [1.165, 1.54) is 0 Å². The first-order valence-electron chi connectivity index (χ1n) is 9.28. The maximum atomic E-state index is 12.6. The van der Waals surface area contributed by atoms with Crippen LogP contribution >= 0.6 is 35.0 Å². The van der Waals surface area contributed by atoms with Crippen LogP contribution in [0.1, 0.15) is 46.8 Å². The maximum absolute atomic E-state index is 12.6. The number of thioether (sulfide) groups is 1. The number of carbonyl (C=O) groups excluding carboxylic acids is 1. The molecule has 0 N–H and O–H groups in total. The van der Waals surface area contributed by atoms with Crippen molar-refractivity contribution in [1.82, 2.24) is 0 Å². The van der Waals surface area contributed by atoms with Crippen LogP contribution in [0.15, 0.2) is 41.6 Å². The van der Waals surface area contributed by atoms with Crippen LogP contribution in [0.2, 0.25) is 10.0 Å². The summed E-state index contributed by atoms with van der Waals surface area (Å²) in [5, 5.41) is 5.47. The molecule has 146 valence electrons. The monoisotopic (exact) mass is 433 g/mol.